The van der Waals surface area contributed by atoms with Crippen LogP contribution in [0.5, 0.6) is 0 Å². The summed E-state index contributed by atoms with van der Waals surface area (Å²) in [5.74, 6) is 0. The predicted molar refractivity (Wildman–Crippen MR) is 31.9 cm³/mol. The summed E-state index contributed by atoms with van der Waals surface area (Å²) in [5, 5.41) is 0. The number of rotatable bonds is 2. The lowest BCUT2D eigenvalue weighted by Gasteiger charge is -2.16. The zero-order chi connectivity index (χ0) is 5.70. The van der Waals surface area contributed by atoms with Gasteiger partial charge in [-0.1, -0.05) is 11.9 Å². The molecule has 3 heteroatoms. The molecule has 0 aromatic rings. The minimum Gasteiger partial charge on any atom is -0.604 e. The normalized spacial score (nSPS) is 12.2. The Kier molecular flexibility index (Phi) is 2.69. The van der Waals surface area contributed by atoms with Crippen LogP contribution >= 0.6 is 11.9 Å². The summed E-state index contributed by atoms with van der Waals surface area (Å²) in [5.41, 5.74) is 0. The maximum absolute atomic E-state index is 6.70. The molecule has 1 nitrogen and oxygen atoms in total. The third-order valence-electron chi connectivity index (χ3n) is 0.477. The maximum atomic E-state index is 6.70. The summed E-state index contributed by atoms with van der Waals surface area (Å²) < 4.78 is 8.51. The molecule has 0 unspecified atom stereocenters. The quantitative estimate of drug-likeness (QED) is 0.365. The average molecular weight is 103 g/mol. The van der Waals surface area contributed by atoms with E-state index in [-0.39, 0.29) is 0 Å². The van der Waals surface area contributed by atoms with Crippen LogP contribution in [0.25, 0.3) is 0 Å². The molecular weight excluding hydrogens is 92.9 g/mol. The van der Waals surface area contributed by atoms with E-state index in [9.17, 15) is 0 Å². The van der Waals surface area contributed by atoms with Crippen molar-refractivity contribution in [2.75, 3.05) is 19.7 Å². The number of nitrogens with zero attached hydrogens (tertiary/aromatic N) is 1. The van der Waals surface area contributed by atoms with E-state index >= 15 is 0 Å². The molecule has 0 spiro atoms. The first-order chi connectivity index (χ1) is 3.31. The number of hydrogen-bond acceptors (Lipinski definition) is 2. The van der Waals surface area contributed by atoms with Gasteiger partial charge in [0, 0.05) is 1.37 Å². The molecule has 0 aliphatic heterocycles. The van der Waals surface area contributed by atoms with E-state index in [1.165, 1.54) is 11.9 Å². The van der Waals surface area contributed by atoms with Gasteiger partial charge in [-0.3, -0.25) is 4.31 Å². The molecule has 6 heavy (non-hydrogen) atoms. The van der Waals surface area contributed by atoms with Gasteiger partial charge in [0.15, 0.2) is 0 Å². The summed E-state index contributed by atoms with van der Waals surface area (Å²) in [6, 6.07) is 0. The molecule has 0 heterocycles. The highest BCUT2D eigenvalue weighted by molar-refractivity contribution is 7.96. The zero-order valence-corrected chi connectivity index (χ0v) is 4.66. The van der Waals surface area contributed by atoms with Crippen molar-refractivity contribution in [1.82, 2.24) is 4.31 Å². The topological polar surface area (TPSA) is 3.24 Å². The highest BCUT2D eigenvalue weighted by Crippen LogP contribution is 1.94. The van der Waals surface area contributed by atoms with Crippen molar-refractivity contribution in [3.05, 3.63) is 0 Å². The van der Waals surface area contributed by atoms with Gasteiger partial charge in [-0.2, -0.15) is 0 Å². The Morgan fingerprint density at radius 3 is 3.00 bits per heavy atom. The molecule has 0 fully saturated rings. The molecule has 3 radical (unpaired) electrons. The first kappa shape index (κ1) is 4.53. The van der Waals surface area contributed by atoms with Gasteiger partial charge in [-0.15, -0.1) is 0 Å². The van der Waals surface area contributed by atoms with E-state index in [2.05, 4.69) is 0 Å². The fourth-order valence-corrected chi connectivity index (χ4v) is 0.158. The van der Waals surface area contributed by atoms with Crippen LogP contribution in [0.3, 0.4) is 0 Å². The minimum atomic E-state index is 0.355. The molecule has 0 saturated carbocycles. The van der Waals surface area contributed by atoms with Gasteiger partial charge in [0.2, 0.25) is 0 Å². The highest BCUT2D eigenvalue weighted by Gasteiger charge is 1.74. The second-order valence-electron chi connectivity index (χ2n) is 0.940. The van der Waals surface area contributed by atoms with E-state index in [0.717, 1.165) is 0 Å². The fraction of sp³-hybridized carbons (Fsp3) is 1.00. The van der Waals surface area contributed by atoms with Crippen LogP contribution in [0.4, 0.5) is 0 Å². The van der Waals surface area contributed by atoms with Crippen LogP contribution in [0, 0.1) is 0 Å². The molecule has 0 amide bonds. The predicted octanol–water partition coefficient (Wildman–Crippen LogP) is 0.322. The summed E-state index contributed by atoms with van der Waals surface area (Å²) in [7, 11) is 7.04. The van der Waals surface area contributed by atoms with Crippen molar-refractivity contribution >= 4 is 19.8 Å². The standard InChI is InChI=1S/C3H8BNS/c1-5(3-4)6-2/h3H2,1-2H3/q-1/i2T. The molecule has 0 aliphatic carbocycles. The van der Waals surface area contributed by atoms with Gasteiger partial charge in [0.05, 0.1) is 0 Å². The van der Waals surface area contributed by atoms with Gasteiger partial charge in [0.1, 0.15) is 0 Å². The van der Waals surface area contributed by atoms with E-state index in [4.69, 9.17) is 9.22 Å². The third kappa shape index (κ3) is 2.60. The Labute approximate surface area is 46.0 Å². The van der Waals surface area contributed by atoms with E-state index in [0.29, 0.717) is 12.7 Å². The molecule has 0 aromatic carbocycles. The Morgan fingerprint density at radius 1 is 2.17 bits per heavy atom. The first-order valence-corrected chi connectivity index (χ1v) is 2.59. The molecular formula is C3H8BNS-. The van der Waals surface area contributed by atoms with Crippen LogP contribution in [-0.4, -0.2) is 31.9 Å². The maximum Gasteiger partial charge on any atom is 0.0357 e. The van der Waals surface area contributed by atoms with Crippen molar-refractivity contribution in [3.8, 4) is 0 Å². The summed E-state index contributed by atoms with van der Waals surface area (Å²) in [6.07, 6.45) is 0.872. The molecule has 0 saturated heterocycles. The van der Waals surface area contributed by atoms with Crippen molar-refractivity contribution in [2.45, 2.75) is 0 Å². The molecule has 35 valence electrons. The zero-order valence-electron chi connectivity index (χ0n) is 4.85. The van der Waals surface area contributed by atoms with Gasteiger partial charge >= 0.3 is 0 Å². The summed E-state index contributed by atoms with van der Waals surface area (Å²) >= 11 is 1.41. The lowest BCUT2D eigenvalue weighted by atomic mass is 10.2. The second kappa shape index (κ2) is 3.56. The largest absolute Gasteiger partial charge is 0.604 e. The van der Waals surface area contributed by atoms with Crippen molar-refractivity contribution < 1.29 is 1.37 Å². The monoisotopic (exact) mass is 103 g/mol. The summed E-state index contributed by atoms with van der Waals surface area (Å²) in [4.78, 5) is 0. The lowest BCUT2D eigenvalue weighted by Crippen LogP contribution is -2.08. The molecule has 0 rings (SSSR count). The van der Waals surface area contributed by atoms with Crippen molar-refractivity contribution in [2.24, 2.45) is 0 Å². The first-order valence-electron chi connectivity index (χ1n) is 2.35. The summed E-state index contributed by atoms with van der Waals surface area (Å²) in [6.45, 7) is 0. The van der Waals surface area contributed by atoms with Gasteiger partial charge in [-0.05, 0) is 13.3 Å². The second-order valence-corrected chi connectivity index (χ2v) is 1.82. The van der Waals surface area contributed by atoms with Crippen LogP contribution in [-0.2, 0) is 0 Å². The fourth-order valence-electron chi connectivity index (χ4n) is 0.0527. The third-order valence-corrected chi connectivity index (χ3v) is 1.07. The van der Waals surface area contributed by atoms with E-state index in [1.807, 2.05) is 11.4 Å². The molecule has 0 atom stereocenters. The molecule has 0 aromatic heterocycles. The van der Waals surface area contributed by atoms with Crippen LogP contribution in [0.1, 0.15) is 1.37 Å². The average Bonchev–Trinajstić information content (AvgIpc) is 1.68. The van der Waals surface area contributed by atoms with Crippen LogP contribution in [0.15, 0.2) is 0 Å². The lowest BCUT2D eigenvalue weighted by molar-refractivity contribution is 0.673. The molecule has 0 N–H and O–H groups in total. The van der Waals surface area contributed by atoms with E-state index in [1.54, 1.807) is 0 Å². The van der Waals surface area contributed by atoms with E-state index < -0.39 is 0 Å². The SMILES string of the molecule is [3H]CSN(C)C[B-]. The Morgan fingerprint density at radius 2 is 2.83 bits per heavy atom. The van der Waals surface area contributed by atoms with Crippen molar-refractivity contribution in [3.63, 3.8) is 0 Å². The Hall–Kier alpha value is 0.375. The van der Waals surface area contributed by atoms with Gasteiger partial charge in [0.25, 0.3) is 0 Å². The van der Waals surface area contributed by atoms with Crippen LogP contribution in [0.2, 0.25) is 0 Å². The molecule has 0 aliphatic rings. The van der Waals surface area contributed by atoms with Gasteiger partial charge < -0.3 is 7.85 Å². The Balaban J connectivity index is 2.83. The number of hydrogen-bond donors (Lipinski definition) is 0. The minimum absolute atomic E-state index is 0.355. The van der Waals surface area contributed by atoms with Crippen LogP contribution < -0.4 is 0 Å². The van der Waals surface area contributed by atoms with Gasteiger partial charge in [-0.25, -0.2) is 6.44 Å². The smallest absolute Gasteiger partial charge is 0.0357 e. The Bertz CT molecular complexity index is 45.9. The van der Waals surface area contributed by atoms with Crippen molar-refractivity contribution in [1.29, 1.82) is 0 Å². The molecule has 0 bridgehead atoms. The highest BCUT2D eigenvalue weighted by atomic mass is 32.2.